The maximum atomic E-state index is 11.9. The van der Waals surface area contributed by atoms with Crippen molar-refractivity contribution < 1.29 is 4.79 Å². The molecular formula is C13H22N4O. The SMILES string of the molecule is CC(NCCn1ccnc1)C(=O)NC1CCCC1. The Morgan fingerprint density at radius 3 is 2.94 bits per heavy atom. The van der Waals surface area contributed by atoms with Crippen LogP contribution in [0.5, 0.6) is 0 Å². The van der Waals surface area contributed by atoms with Gasteiger partial charge in [0, 0.05) is 31.5 Å². The summed E-state index contributed by atoms with van der Waals surface area (Å²) < 4.78 is 1.99. The fourth-order valence-electron chi connectivity index (χ4n) is 2.32. The van der Waals surface area contributed by atoms with E-state index in [4.69, 9.17) is 0 Å². The molecular weight excluding hydrogens is 228 g/mol. The smallest absolute Gasteiger partial charge is 0.237 e. The van der Waals surface area contributed by atoms with Gasteiger partial charge in [-0.05, 0) is 19.8 Å². The second-order valence-electron chi connectivity index (χ2n) is 4.97. The van der Waals surface area contributed by atoms with Gasteiger partial charge < -0.3 is 15.2 Å². The number of carbonyl (C=O) groups is 1. The second kappa shape index (κ2) is 6.54. The third-order valence-electron chi connectivity index (χ3n) is 3.47. The highest BCUT2D eigenvalue weighted by atomic mass is 16.2. The maximum Gasteiger partial charge on any atom is 0.237 e. The van der Waals surface area contributed by atoms with Crippen LogP contribution in [0.2, 0.25) is 0 Å². The predicted octanol–water partition coefficient (Wildman–Crippen LogP) is 0.920. The van der Waals surface area contributed by atoms with Gasteiger partial charge in [0.2, 0.25) is 5.91 Å². The predicted molar refractivity (Wildman–Crippen MR) is 70.1 cm³/mol. The van der Waals surface area contributed by atoms with Crippen molar-refractivity contribution in [2.24, 2.45) is 0 Å². The van der Waals surface area contributed by atoms with Crippen molar-refractivity contribution in [3.8, 4) is 0 Å². The van der Waals surface area contributed by atoms with Gasteiger partial charge in [-0.25, -0.2) is 4.98 Å². The van der Waals surface area contributed by atoms with Gasteiger partial charge in [-0.1, -0.05) is 12.8 Å². The number of imidazole rings is 1. The number of rotatable bonds is 6. The summed E-state index contributed by atoms with van der Waals surface area (Å²) in [6.45, 7) is 3.52. The monoisotopic (exact) mass is 250 g/mol. The highest BCUT2D eigenvalue weighted by Gasteiger charge is 2.19. The fraction of sp³-hybridized carbons (Fsp3) is 0.692. The van der Waals surface area contributed by atoms with E-state index in [2.05, 4.69) is 15.6 Å². The van der Waals surface area contributed by atoms with Crippen molar-refractivity contribution >= 4 is 5.91 Å². The molecule has 1 aliphatic rings. The number of carbonyl (C=O) groups excluding carboxylic acids is 1. The molecule has 1 aromatic rings. The third kappa shape index (κ3) is 3.84. The van der Waals surface area contributed by atoms with Gasteiger partial charge in [0.15, 0.2) is 0 Å². The Kier molecular flexibility index (Phi) is 4.75. The van der Waals surface area contributed by atoms with E-state index in [1.807, 2.05) is 17.7 Å². The summed E-state index contributed by atoms with van der Waals surface area (Å²) in [4.78, 5) is 15.9. The first-order valence-corrected chi connectivity index (χ1v) is 6.75. The molecule has 2 rings (SSSR count). The van der Waals surface area contributed by atoms with Crippen LogP contribution >= 0.6 is 0 Å². The second-order valence-corrected chi connectivity index (χ2v) is 4.97. The minimum absolute atomic E-state index is 0.118. The quantitative estimate of drug-likeness (QED) is 0.789. The van der Waals surface area contributed by atoms with Crippen LogP contribution < -0.4 is 10.6 Å². The minimum Gasteiger partial charge on any atom is -0.352 e. The van der Waals surface area contributed by atoms with Crippen molar-refractivity contribution in [2.45, 2.75) is 51.2 Å². The van der Waals surface area contributed by atoms with E-state index in [1.165, 1.54) is 12.8 Å². The topological polar surface area (TPSA) is 59.0 Å². The summed E-state index contributed by atoms with van der Waals surface area (Å²) in [5, 5.41) is 6.34. The molecule has 1 amide bonds. The lowest BCUT2D eigenvalue weighted by Crippen LogP contribution is -2.46. The van der Waals surface area contributed by atoms with Gasteiger partial charge in [0.25, 0.3) is 0 Å². The van der Waals surface area contributed by atoms with Gasteiger partial charge in [0.05, 0.1) is 12.4 Å². The van der Waals surface area contributed by atoms with E-state index in [0.29, 0.717) is 6.04 Å². The van der Waals surface area contributed by atoms with E-state index in [0.717, 1.165) is 25.9 Å². The van der Waals surface area contributed by atoms with Crippen LogP contribution in [-0.2, 0) is 11.3 Å². The van der Waals surface area contributed by atoms with Crippen LogP contribution in [0.1, 0.15) is 32.6 Å². The van der Waals surface area contributed by atoms with E-state index >= 15 is 0 Å². The van der Waals surface area contributed by atoms with E-state index in [1.54, 1.807) is 12.5 Å². The average molecular weight is 250 g/mol. The molecule has 1 aromatic heterocycles. The molecule has 0 spiro atoms. The maximum absolute atomic E-state index is 11.9. The molecule has 0 aromatic carbocycles. The number of aromatic nitrogens is 2. The molecule has 0 aliphatic heterocycles. The van der Waals surface area contributed by atoms with Gasteiger partial charge in [-0.15, -0.1) is 0 Å². The lowest BCUT2D eigenvalue weighted by atomic mass is 10.2. The van der Waals surface area contributed by atoms with Crippen LogP contribution in [-0.4, -0.2) is 34.1 Å². The molecule has 0 saturated heterocycles. The summed E-state index contributed by atoms with van der Waals surface area (Å²) >= 11 is 0. The summed E-state index contributed by atoms with van der Waals surface area (Å²) in [6.07, 6.45) is 10.2. The van der Waals surface area contributed by atoms with Crippen LogP contribution in [0.25, 0.3) is 0 Å². The first-order chi connectivity index (χ1) is 8.75. The Morgan fingerprint density at radius 1 is 1.50 bits per heavy atom. The summed E-state index contributed by atoms with van der Waals surface area (Å²) in [5.74, 6) is 0.118. The van der Waals surface area contributed by atoms with E-state index < -0.39 is 0 Å². The molecule has 0 radical (unpaired) electrons. The van der Waals surface area contributed by atoms with Crippen LogP contribution in [0.3, 0.4) is 0 Å². The lowest BCUT2D eigenvalue weighted by Gasteiger charge is -2.17. The zero-order valence-corrected chi connectivity index (χ0v) is 10.9. The molecule has 0 bridgehead atoms. The van der Waals surface area contributed by atoms with Gasteiger partial charge >= 0.3 is 0 Å². The van der Waals surface area contributed by atoms with E-state index in [-0.39, 0.29) is 11.9 Å². The van der Waals surface area contributed by atoms with Crippen molar-refractivity contribution in [3.05, 3.63) is 18.7 Å². The normalized spacial score (nSPS) is 17.8. The summed E-state index contributed by atoms with van der Waals surface area (Å²) in [6, 6.07) is 0.268. The molecule has 18 heavy (non-hydrogen) atoms. The molecule has 1 saturated carbocycles. The number of hydrogen-bond donors (Lipinski definition) is 2. The number of nitrogens with zero attached hydrogens (tertiary/aromatic N) is 2. The molecule has 1 fully saturated rings. The van der Waals surface area contributed by atoms with Crippen LogP contribution in [0.15, 0.2) is 18.7 Å². The molecule has 1 aliphatic carbocycles. The zero-order valence-electron chi connectivity index (χ0n) is 10.9. The molecule has 2 N–H and O–H groups in total. The molecule has 5 nitrogen and oxygen atoms in total. The van der Waals surface area contributed by atoms with Crippen molar-refractivity contribution in [1.82, 2.24) is 20.2 Å². The van der Waals surface area contributed by atoms with Gasteiger partial charge in [-0.3, -0.25) is 4.79 Å². The molecule has 1 heterocycles. The molecule has 100 valence electrons. The Bertz CT molecular complexity index is 357. The third-order valence-corrected chi connectivity index (χ3v) is 3.47. The lowest BCUT2D eigenvalue weighted by molar-refractivity contribution is -0.123. The average Bonchev–Trinajstić information content (AvgIpc) is 3.01. The minimum atomic E-state index is -0.130. The Labute approximate surface area is 108 Å². The molecule has 5 heteroatoms. The van der Waals surface area contributed by atoms with Gasteiger partial charge in [-0.2, -0.15) is 0 Å². The number of hydrogen-bond acceptors (Lipinski definition) is 3. The standard InChI is InChI=1S/C13H22N4O/c1-11(13(18)16-12-4-2-3-5-12)15-7-9-17-8-6-14-10-17/h6,8,10-12,15H,2-5,7,9H2,1H3,(H,16,18). The Morgan fingerprint density at radius 2 is 2.28 bits per heavy atom. The van der Waals surface area contributed by atoms with Crippen molar-refractivity contribution in [2.75, 3.05) is 6.54 Å². The Balaban J connectivity index is 1.63. The van der Waals surface area contributed by atoms with Crippen LogP contribution in [0.4, 0.5) is 0 Å². The first-order valence-electron chi connectivity index (χ1n) is 6.75. The Hall–Kier alpha value is -1.36. The van der Waals surface area contributed by atoms with Gasteiger partial charge in [0.1, 0.15) is 0 Å². The molecule has 1 atom stereocenters. The molecule has 1 unspecified atom stereocenters. The largest absolute Gasteiger partial charge is 0.352 e. The zero-order chi connectivity index (χ0) is 12.8. The highest BCUT2D eigenvalue weighted by molar-refractivity contribution is 5.81. The van der Waals surface area contributed by atoms with E-state index in [9.17, 15) is 4.79 Å². The summed E-state index contributed by atoms with van der Waals surface area (Å²) in [5.41, 5.74) is 0. The highest BCUT2D eigenvalue weighted by Crippen LogP contribution is 2.17. The van der Waals surface area contributed by atoms with Crippen molar-refractivity contribution in [3.63, 3.8) is 0 Å². The number of nitrogens with one attached hydrogen (secondary N) is 2. The fourth-order valence-corrected chi connectivity index (χ4v) is 2.32. The first kappa shape index (κ1) is 13.1. The number of amides is 1. The van der Waals surface area contributed by atoms with Crippen molar-refractivity contribution in [1.29, 1.82) is 0 Å². The summed E-state index contributed by atoms with van der Waals surface area (Å²) in [7, 11) is 0. The van der Waals surface area contributed by atoms with Crippen LogP contribution in [0, 0.1) is 0 Å².